The maximum absolute atomic E-state index is 12.6. The number of sulfone groups is 1. The summed E-state index contributed by atoms with van der Waals surface area (Å²) in [7, 11) is -7.34. The molecule has 1 aliphatic rings. The number of nitrogens with two attached hydrogens (primary N) is 1. The lowest BCUT2D eigenvalue weighted by molar-refractivity contribution is 0.512. The summed E-state index contributed by atoms with van der Waals surface area (Å²) in [5.41, 5.74) is 0.573. The molecule has 1 aromatic rings. The summed E-state index contributed by atoms with van der Waals surface area (Å²) in [6.45, 7) is 5.25. The Labute approximate surface area is 129 Å². The molecule has 0 aromatic carbocycles. The van der Waals surface area contributed by atoms with Crippen molar-refractivity contribution in [1.82, 2.24) is 5.32 Å². The van der Waals surface area contributed by atoms with Crippen molar-refractivity contribution in [1.29, 1.82) is 0 Å². The van der Waals surface area contributed by atoms with E-state index in [-0.39, 0.29) is 8.42 Å². The van der Waals surface area contributed by atoms with Crippen molar-refractivity contribution in [3.63, 3.8) is 0 Å². The number of hydrogen-bond donors (Lipinski definition) is 2. The van der Waals surface area contributed by atoms with Crippen LogP contribution in [-0.2, 0) is 26.3 Å². The SMILES string of the molecule is CC(C)CNCC1CCc2cc(S(N)(=O)=O)sc2S1(=O)=O. The normalized spacial score (nSPS) is 21.4. The zero-order chi connectivity index (χ0) is 15.8. The second-order valence-corrected chi connectivity index (χ2v) is 10.9. The lowest BCUT2D eigenvalue weighted by Gasteiger charge is -2.23. The van der Waals surface area contributed by atoms with Gasteiger partial charge in [0, 0.05) is 6.54 Å². The average molecular weight is 353 g/mol. The third kappa shape index (κ3) is 3.65. The topological polar surface area (TPSA) is 106 Å². The molecule has 0 fully saturated rings. The molecule has 1 unspecified atom stereocenters. The third-order valence-corrected chi connectivity index (χ3v) is 8.78. The van der Waals surface area contributed by atoms with Gasteiger partial charge in [-0.1, -0.05) is 13.8 Å². The molecular weight excluding hydrogens is 332 g/mol. The second kappa shape index (κ2) is 5.96. The number of rotatable bonds is 5. The van der Waals surface area contributed by atoms with Crippen molar-refractivity contribution < 1.29 is 16.8 Å². The molecule has 120 valence electrons. The molecule has 0 bridgehead atoms. The predicted molar refractivity (Wildman–Crippen MR) is 82.7 cm³/mol. The zero-order valence-electron chi connectivity index (χ0n) is 12.0. The number of sulfonamides is 1. The molecule has 1 aliphatic heterocycles. The summed E-state index contributed by atoms with van der Waals surface area (Å²) < 4.78 is 47.9. The Morgan fingerprint density at radius 3 is 2.71 bits per heavy atom. The van der Waals surface area contributed by atoms with Crippen LogP contribution in [0.25, 0.3) is 0 Å². The Bertz CT molecular complexity index is 720. The minimum atomic E-state index is -3.85. The van der Waals surface area contributed by atoms with E-state index in [1.165, 1.54) is 6.07 Å². The van der Waals surface area contributed by atoms with Gasteiger partial charge in [-0.05, 0) is 36.9 Å². The largest absolute Gasteiger partial charge is 0.315 e. The van der Waals surface area contributed by atoms with Crippen LogP contribution >= 0.6 is 11.3 Å². The summed E-state index contributed by atoms with van der Waals surface area (Å²) in [6, 6.07) is 1.39. The highest BCUT2D eigenvalue weighted by Gasteiger charge is 2.36. The van der Waals surface area contributed by atoms with Gasteiger partial charge in [-0.25, -0.2) is 22.0 Å². The molecule has 2 rings (SSSR count). The van der Waals surface area contributed by atoms with E-state index in [1.807, 2.05) is 0 Å². The molecule has 0 aliphatic carbocycles. The van der Waals surface area contributed by atoms with E-state index in [2.05, 4.69) is 19.2 Å². The summed E-state index contributed by atoms with van der Waals surface area (Å²) in [5, 5.41) is 7.74. The van der Waals surface area contributed by atoms with Gasteiger partial charge in [-0.15, -0.1) is 11.3 Å². The van der Waals surface area contributed by atoms with Gasteiger partial charge in [0.05, 0.1) is 5.25 Å². The Morgan fingerprint density at radius 2 is 2.14 bits per heavy atom. The van der Waals surface area contributed by atoms with Gasteiger partial charge < -0.3 is 5.32 Å². The summed E-state index contributed by atoms with van der Waals surface area (Å²) in [6.07, 6.45) is 1.07. The molecule has 1 aromatic heterocycles. The van der Waals surface area contributed by atoms with Gasteiger partial charge >= 0.3 is 0 Å². The molecular formula is C12H20N2O4S3. The monoisotopic (exact) mass is 352 g/mol. The number of fused-ring (bicyclic) bond motifs is 1. The first-order valence-corrected chi connectivity index (χ1v) is 10.6. The zero-order valence-corrected chi connectivity index (χ0v) is 14.4. The van der Waals surface area contributed by atoms with Crippen molar-refractivity contribution in [2.24, 2.45) is 11.1 Å². The van der Waals surface area contributed by atoms with E-state index < -0.39 is 25.1 Å². The van der Waals surface area contributed by atoms with Gasteiger partial charge in [-0.3, -0.25) is 0 Å². The Hall–Kier alpha value is -0.480. The number of hydrogen-bond acceptors (Lipinski definition) is 6. The minimum Gasteiger partial charge on any atom is -0.315 e. The Kier molecular flexibility index (Phi) is 4.79. The summed E-state index contributed by atoms with van der Waals surface area (Å²) in [4.78, 5) is 0. The highest BCUT2D eigenvalue weighted by Crippen LogP contribution is 2.37. The van der Waals surface area contributed by atoms with Crippen LogP contribution in [0.1, 0.15) is 25.8 Å². The van der Waals surface area contributed by atoms with E-state index in [0.29, 0.717) is 30.9 Å². The smallest absolute Gasteiger partial charge is 0.247 e. The molecule has 0 spiro atoms. The predicted octanol–water partition coefficient (Wildman–Crippen LogP) is 0.730. The molecule has 6 nitrogen and oxygen atoms in total. The number of nitrogens with one attached hydrogen (secondary N) is 1. The Balaban J connectivity index is 2.25. The van der Waals surface area contributed by atoms with Crippen molar-refractivity contribution >= 4 is 31.2 Å². The van der Waals surface area contributed by atoms with Crippen LogP contribution in [-0.4, -0.2) is 35.2 Å². The van der Waals surface area contributed by atoms with Crippen LogP contribution < -0.4 is 10.5 Å². The fraction of sp³-hybridized carbons (Fsp3) is 0.667. The first-order chi connectivity index (χ1) is 9.62. The molecule has 21 heavy (non-hydrogen) atoms. The molecule has 1 atom stereocenters. The fourth-order valence-electron chi connectivity index (χ4n) is 2.31. The van der Waals surface area contributed by atoms with E-state index in [4.69, 9.17) is 5.14 Å². The van der Waals surface area contributed by atoms with E-state index >= 15 is 0 Å². The van der Waals surface area contributed by atoms with Crippen molar-refractivity contribution in [3.05, 3.63) is 11.6 Å². The van der Waals surface area contributed by atoms with Crippen molar-refractivity contribution in [2.45, 2.75) is 40.4 Å². The number of aryl methyl sites for hydroxylation is 1. The van der Waals surface area contributed by atoms with Crippen molar-refractivity contribution in [3.8, 4) is 0 Å². The first kappa shape index (κ1) is 16.9. The molecule has 0 saturated carbocycles. The lowest BCUT2D eigenvalue weighted by Crippen LogP contribution is -2.37. The lowest BCUT2D eigenvalue weighted by atomic mass is 10.1. The summed E-state index contributed by atoms with van der Waals surface area (Å²) in [5.74, 6) is 0.447. The van der Waals surface area contributed by atoms with Crippen LogP contribution in [0.15, 0.2) is 14.5 Å². The first-order valence-electron chi connectivity index (χ1n) is 6.72. The van der Waals surface area contributed by atoms with Gasteiger partial charge in [0.2, 0.25) is 10.0 Å². The van der Waals surface area contributed by atoms with E-state index in [9.17, 15) is 16.8 Å². The minimum absolute atomic E-state index is 0.0770. The van der Waals surface area contributed by atoms with Crippen LogP contribution in [0.3, 0.4) is 0 Å². The standard InChI is InChI=1S/C12H20N2O4S3/c1-8(2)6-14-7-10-4-3-9-5-11(21(13,17)18)19-12(9)20(10,15)16/h5,8,10,14H,3-4,6-7H2,1-2H3,(H2,13,17,18). The maximum atomic E-state index is 12.6. The molecule has 0 saturated heterocycles. The van der Waals surface area contributed by atoms with E-state index in [0.717, 1.165) is 17.9 Å². The van der Waals surface area contributed by atoms with Gasteiger partial charge in [0.1, 0.15) is 8.42 Å². The van der Waals surface area contributed by atoms with Crippen molar-refractivity contribution in [2.75, 3.05) is 13.1 Å². The molecule has 0 radical (unpaired) electrons. The highest BCUT2D eigenvalue weighted by atomic mass is 32.3. The Morgan fingerprint density at radius 1 is 1.48 bits per heavy atom. The van der Waals surface area contributed by atoms with Crippen LogP contribution in [0.2, 0.25) is 0 Å². The third-order valence-electron chi connectivity index (χ3n) is 3.39. The highest BCUT2D eigenvalue weighted by molar-refractivity contribution is 7.95. The molecule has 9 heteroatoms. The number of thiophene rings is 1. The fourth-order valence-corrected chi connectivity index (χ4v) is 6.90. The van der Waals surface area contributed by atoms with Crippen LogP contribution in [0, 0.1) is 5.92 Å². The second-order valence-electron chi connectivity index (χ2n) is 5.68. The van der Waals surface area contributed by atoms with Gasteiger partial charge in [0.25, 0.3) is 0 Å². The molecule has 2 heterocycles. The summed E-state index contributed by atoms with van der Waals surface area (Å²) >= 11 is 0.764. The molecule has 0 amide bonds. The average Bonchev–Trinajstić information content (AvgIpc) is 2.77. The van der Waals surface area contributed by atoms with E-state index in [1.54, 1.807) is 0 Å². The number of primary sulfonamides is 1. The maximum Gasteiger partial charge on any atom is 0.247 e. The quantitative estimate of drug-likeness (QED) is 0.812. The molecule has 3 N–H and O–H groups in total. The van der Waals surface area contributed by atoms with Crippen LogP contribution in [0.4, 0.5) is 0 Å². The van der Waals surface area contributed by atoms with Crippen LogP contribution in [0.5, 0.6) is 0 Å². The van der Waals surface area contributed by atoms with Gasteiger partial charge in [0.15, 0.2) is 9.84 Å². The van der Waals surface area contributed by atoms with Gasteiger partial charge in [-0.2, -0.15) is 0 Å².